The van der Waals surface area contributed by atoms with Crippen LogP contribution in [0.25, 0.3) is 4.96 Å². The van der Waals surface area contributed by atoms with Crippen molar-refractivity contribution in [3.63, 3.8) is 0 Å². The summed E-state index contributed by atoms with van der Waals surface area (Å²) in [5.41, 5.74) is 0. The largest absolute Gasteiger partial charge is 0.381 e. The van der Waals surface area contributed by atoms with Gasteiger partial charge in [-0.15, -0.1) is 10.2 Å². The minimum absolute atomic E-state index is 0.347. The highest BCUT2D eigenvalue weighted by atomic mass is 32.1. The molecular formula is C9H13N5OS. The van der Waals surface area contributed by atoms with E-state index in [4.69, 9.17) is 4.74 Å². The summed E-state index contributed by atoms with van der Waals surface area (Å²) in [6.45, 7) is 2.32. The van der Waals surface area contributed by atoms with Crippen molar-refractivity contribution >= 4 is 16.3 Å². The van der Waals surface area contributed by atoms with E-state index in [1.54, 1.807) is 11.3 Å². The first-order chi connectivity index (χ1) is 7.88. The Morgan fingerprint density at radius 2 is 2.50 bits per heavy atom. The van der Waals surface area contributed by atoms with Crippen molar-refractivity contribution in [3.8, 4) is 0 Å². The zero-order valence-corrected chi connectivity index (χ0v) is 9.83. The fraction of sp³-hybridized carbons (Fsp3) is 0.667. The van der Waals surface area contributed by atoms with Gasteiger partial charge in [0, 0.05) is 19.1 Å². The van der Waals surface area contributed by atoms with Gasteiger partial charge < -0.3 is 10.1 Å². The van der Waals surface area contributed by atoms with Gasteiger partial charge in [-0.05, 0) is 13.5 Å². The Balaban J connectivity index is 1.97. The maximum absolute atomic E-state index is 5.37. The van der Waals surface area contributed by atoms with E-state index >= 15 is 0 Å². The lowest BCUT2D eigenvalue weighted by Crippen LogP contribution is -2.07. The second-order valence-electron chi connectivity index (χ2n) is 3.84. The maximum Gasteiger partial charge on any atom is 0.234 e. The van der Waals surface area contributed by atoms with Crippen molar-refractivity contribution in [2.24, 2.45) is 0 Å². The number of nitrogens with zero attached hydrogens (tertiary/aromatic N) is 4. The van der Waals surface area contributed by atoms with Crippen LogP contribution in [-0.4, -0.2) is 40.1 Å². The third-order valence-electron chi connectivity index (χ3n) is 2.68. The van der Waals surface area contributed by atoms with Crippen molar-refractivity contribution < 1.29 is 4.74 Å². The molecule has 1 atom stereocenters. The van der Waals surface area contributed by atoms with Crippen LogP contribution in [0.3, 0.4) is 0 Å². The molecule has 3 heterocycles. The molecule has 7 heteroatoms. The fourth-order valence-electron chi connectivity index (χ4n) is 1.89. The lowest BCUT2D eigenvalue weighted by Gasteiger charge is -2.01. The molecule has 0 aliphatic carbocycles. The predicted octanol–water partition coefficient (Wildman–Crippen LogP) is 0.409. The molecule has 1 N–H and O–H groups in total. The summed E-state index contributed by atoms with van der Waals surface area (Å²) in [7, 11) is 1.91. The van der Waals surface area contributed by atoms with Crippen LogP contribution < -0.4 is 5.32 Å². The van der Waals surface area contributed by atoms with Gasteiger partial charge in [-0.25, -0.2) is 0 Å². The van der Waals surface area contributed by atoms with Gasteiger partial charge in [0.15, 0.2) is 5.82 Å². The molecule has 0 saturated carbocycles. The SMILES string of the molecule is CNCc1nn2c(C3CCOC3)nnc2s1. The molecule has 0 aromatic carbocycles. The van der Waals surface area contributed by atoms with E-state index in [0.29, 0.717) is 5.92 Å². The summed E-state index contributed by atoms with van der Waals surface area (Å²) >= 11 is 1.58. The predicted molar refractivity (Wildman–Crippen MR) is 59.6 cm³/mol. The molecule has 1 aliphatic rings. The highest BCUT2D eigenvalue weighted by Crippen LogP contribution is 2.25. The molecule has 86 valence electrons. The van der Waals surface area contributed by atoms with Gasteiger partial charge in [-0.1, -0.05) is 11.3 Å². The number of ether oxygens (including phenoxy) is 1. The zero-order chi connectivity index (χ0) is 11.0. The summed E-state index contributed by atoms with van der Waals surface area (Å²) in [5, 5.41) is 17.0. The first kappa shape index (κ1) is 10.1. The Morgan fingerprint density at radius 1 is 1.56 bits per heavy atom. The molecule has 1 aliphatic heterocycles. The Labute approximate surface area is 96.6 Å². The second kappa shape index (κ2) is 4.08. The summed E-state index contributed by atoms with van der Waals surface area (Å²) in [4.78, 5) is 0.868. The summed E-state index contributed by atoms with van der Waals surface area (Å²) in [6, 6.07) is 0. The Morgan fingerprint density at radius 3 is 3.25 bits per heavy atom. The third kappa shape index (κ3) is 1.60. The number of rotatable bonds is 3. The molecule has 3 rings (SSSR count). The minimum Gasteiger partial charge on any atom is -0.381 e. The molecule has 2 aromatic heterocycles. The Bertz CT molecular complexity index is 487. The zero-order valence-electron chi connectivity index (χ0n) is 9.01. The average Bonchev–Trinajstić information content (AvgIpc) is 2.90. The lowest BCUT2D eigenvalue weighted by atomic mass is 10.1. The maximum atomic E-state index is 5.37. The molecular weight excluding hydrogens is 226 g/mol. The van der Waals surface area contributed by atoms with E-state index in [1.165, 1.54) is 0 Å². The highest BCUT2D eigenvalue weighted by Gasteiger charge is 2.24. The molecule has 6 nitrogen and oxygen atoms in total. The molecule has 0 amide bonds. The highest BCUT2D eigenvalue weighted by molar-refractivity contribution is 7.16. The molecule has 1 fully saturated rings. The van der Waals surface area contributed by atoms with Gasteiger partial charge in [-0.2, -0.15) is 9.61 Å². The third-order valence-corrected chi connectivity index (χ3v) is 3.58. The number of aromatic nitrogens is 4. The summed E-state index contributed by atoms with van der Waals surface area (Å²) < 4.78 is 7.22. The van der Waals surface area contributed by atoms with Crippen LogP contribution in [0, 0.1) is 0 Å². The van der Waals surface area contributed by atoms with Crippen molar-refractivity contribution in [2.75, 3.05) is 20.3 Å². The van der Waals surface area contributed by atoms with E-state index in [9.17, 15) is 0 Å². The van der Waals surface area contributed by atoms with Crippen LogP contribution in [0.15, 0.2) is 0 Å². The molecule has 1 unspecified atom stereocenters. The van der Waals surface area contributed by atoms with Gasteiger partial charge in [-0.3, -0.25) is 0 Å². The van der Waals surface area contributed by atoms with E-state index in [-0.39, 0.29) is 0 Å². The van der Waals surface area contributed by atoms with Crippen molar-refractivity contribution in [2.45, 2.75) is 18.9 Å². The first-order valence-corrected chi connectivity index (χ1v) is 6.13. The summed E-state index contributed by atoms with van der Waals surface area (Å²) in [6.07, 6.45) is 1.01. The van der Waals surface area contributed by atoms with Gasteiger partial charge in [0.25, 0.3) is 0 Å². The normalized spacial score (nSPS) is 20.9. The van der Waals surface area contributed by atoms with Crippen LogP contribution >= 0.6 is 11.3 Å². The average molecular weight is 239 g/mol. The van der Waals surface area contributed by atoms with Gasteiger partial charge in [0.2, 0.25) is 4.96 Å². The molecule has 0 bridgehead atoms. The molecule has 2 aromatic rings. The number of hydrogen-bond acceptors (Lipinski definition) is 6. The van der Waals surface area contributed by atoms with Crippen LogP contribution in [0.4, 0.5) is 0 Å². The van der Waals surface area contributed by atoms with Crippen molar-refractivity contribution in [1.29, 1.82) is 0 Å². The lowest BCUT2D eigenvalue weighted by molar-refractivity contribution is 0.193. The van der Waals surface area contributed by atoms with E-state index in [0.717, 1.165) is 42.0 Å². The van der Waals surface area contributed by atoms with E-state index in [2.05, 4.69) is 20.6 Å². The topological polar surface area (TPSA) is 64.3 Å². The van der Waals surface area contributed by atoms with Gasteiger partial charge in [0.05, 0.1) is 6.61 Å². The molecule has 0 spiro atoms. The number of hydrogen-bond donors (Lipinski definition) is 1. The van der Waals surface area contributed by atoms with Crippen molar-refractivity contribution in [3.05, 3.63) is 10.8 Å². The quantitative estimate of drug-likeness (QED) is 0.840. The molecule has 16 heavy (non-hydrogen) atoms. The minimum atomic E-state index is 0.347. The first-order valence-electron chi connectivity index (χ1n) is 5.32. The Kier molecular flexibility index (Phi) is 2.58. The molecule has 0 radical (unpaired) electrons. The van der Waals surface area contributed by atoms with Gasteiger partial charge >= 0.3 is 0 Å². The van der Waals surface area contributed by atoms with Crippen LogP contribution in [0.5, 0.6) is 0 Å². The fourth-order valence-corrected chi connectivity index (χ4v) is 2.74. The van der Waals surface area contributed by atoms with Crippen molar-refractivity contribution in [1.82, 2.24) is 25.1 Å². The standard InChI is InChI=1S/C9H13N5OS/c1-10-4-7-13-14-8(6-2-3-15-5-6)11-12-9(14)16-7/h6,10H,2-5H2,1H3. The van der Waals surface area contributed by atoms with Crippen LogP contribution in [0.2, 0.25) is 0 Å². The molecule has 1 saturated heterocycles. The number of nitrogens with one attached hydrogen (secondary N) is 1. The van der Waals surface area contributed by atoms with E-state index < -0.39 is 0 Å². The monoisotopic (exact) mass is 239 g/mol. The van der Waals surface area contributed by atoms with Crippen LogP contribution in [-0.2, 0) is 11.3 Å². The van der Waals surface area contributed by atoms with E-state index in [1.807, 2.05) is 11.6 Å². The second-order valence-corrected chi connectivity index (χ2v) is 4.88. The summed E-state index contributed by atoms with van der Waals surface area (Å²) in [5.74, 6) is 1.28. The number of fused-ring (bicyclic) bond motifs is 1. The van der Waals surface area contributed by atoms with Gasteiger partial charge in [0.1, 0.15) is 5.01 Å². The Hall–Kier alpha value is -1.05. The van der Waals surface area contributed by atoms with Crippen LogP contribution in [0.1, 0.15) is 23.2 Å². The smallest absolute Gasteiger partial charge is 0.234 e.